The van der Waals surface area contributed by atoms with Crippen LogP contribution in [-0.2, 0) is 10.0 Å². The highest BCUT2D eigenvalue weighted by molar-refractivity contribution is 7.89. The zero-order valence-electron chi connectivity index (χ0n) is 16.1. The minimum atomic E-state index is -3.69. The van der Waals surface area contributed by atoms with Gasteiger partial charge in [-0.3, -0.25) is 10.0 Å². The number of rotatable bonds is 6. The van der Waals surface area contributed by atoms with Gasteiger partial charge in [0.25, 0.3) is 10.8 Å². The summed E-state index contributed by atoms with van der Waals surface area (Å²) in [6, 6.07) is 10.0. The Labute approximate surface area is 172 Å². The van der Waals surface area contributed by atoms with Gasteiger partial charge in [0.15, 0.2) is 0 Å². The van der Waals surface area contributed by atoms with Gasteiger partial charge in [-0.1, -0.05) is 0 Å². The van der Waals surface area contributed by atoms with Crippen molar-refractivity contribution >= 4 is 27.3 Å². The van der Waals surface area contributed by atoms with Gasteiger partial charge in [-0.15, -0.1) is 0 Å². The van der Waals surface area contributed by atoms with Gasteiger partial charge in [0.2, 0.25) is 10.0 Å². The van der Waals surface area contributed by atoms with Crippen LogP contribution in [0, 0.1) is 4.91 Å². The third kappa shape index (κ3) is 4.20. The number of hydrogen-bond acceptors (Lipinski definition) is 7. The number of carbonyl (C=O) groups excluding carboxylic acids is 1. The van der Waals surface area contributed by atoms with Crippen molar-refractivity contribution < 1.29 is 33.3 Å². The maximum Gasteiger partial charge on any atom is 0.317 e. The lowest BCUT2D eigenvalue weighted by Crippen LogP contribution is -2.49. The number of ether oxygens (including phenoxy) is 1. The summed E-state index contributed by atoms with van der Waals surface area (Å²) < 4.78 is 32.1. The highest BCUT2D eigenvalue weighted by Gasteiger charge is 2.30. The van der Waals surface area contributed by atoms with Crippen molar-refractivity contribution in [2.24, 2.45) is 0 Å². The molecule has 0 aliphatic carbocycles. The van der Waals surface area contributed by atoms with E-state index in [9.17, 15) is 18.1 Å². The standard InChI is InChI=1S/C18H20N4O7S/c1-29-14-3-5-15(6-4-14)30(27,28)21-10-8-20(9-11-21)17-7-2-13(22(25)26)12-16(17)18(23)19-24/h2-7,12H,8-11H2,1H3,(H2-,19,23,24,25,26)/p+1. The Balaban J connectivity index is 1.79. The molecule has 0 unspecified atom stereocenters. The summed E-state index contributed by atoms with van der Waals surface area (Å²) in [7, 11) is -2.20. The number of anilines is 1. The molecule has 0 aromatic heterocycles. The molecule has 1 aliphatic heterocycles. The second kappa shape index (κ2) is 8.65. The molecule has 3 N–H and O–H groups in total. The van der Waals surface area contributed by atoms with E-state index in [0.717, 1.165) is 6.07 Å². The fourth-order valence-electron chi connectivity index (χ4n) is 3.23. The average molecular weight is 437 g/mol. The molecule has 2 aromatic carbocycles. The van der Waals surface area contributed by atoms with Gasteiger partial charge < -0.3 is 9.64 Å². The maximum atomic E-state index is 12.9. The number of carbonyl (C=O) groups is 1. The van der Waals surface area contributed by atoms with Crippen LogP contribution in [0.2, 0.25) is 0 Å². The predicted octanol–water partition coefficient (Wildman–Crippen LogP) is 1.12. The molecular weight excluding hydrogens is 416 g/mol. The predicted molar refractivity (Wildman–Crippen MR) is 105 cm³/mol. The van der Waals surface area contributed by atoms with Gasteiger partial charge in [0, 0.05) is 38.3 Å². The molecular formula is C18H21N4O7S+. The fraction of sp³-hybridized carbons (Fsp3) is 0.278. The summed E-state index contributed by atoms with van der Waals surface area (Å²) in [6.45, 7) is 0.898. The lowest BCUT2D eigenvalue weighted by Gasteiger charge is -2.36. The molecule has 3 rings (SSSR count). The van der Waals surface area contributed by atoms with Gasteiger partial charge in [-0.25, -0.2) is 19.1 Å². The molecule has 0 saturated carbocycles. The molecule has 11 nitrogen and oxygen atoms in total. The molecule has 1 aliphatic rings. The Morgan fingerprint density at radius 2 is 1.73 bits per heavy atom. The molecule has 1 heterocycles. The number of hydroxylamine groups is 1. The first-order valence-corrected chi connectivity index (χ1v) is 10.4. The van der Waals surface area contributed by atoms with Crippen molar-refractivity contribution in [3.05, 3.63) is 52.9 Å². The Morgan fingerprint density at radius 1 is 1.10 bits per heavy atom. The maximum absolute atomic E-state index is 12.9. The molecule has 0 radical (unpaired) electrons. The molecule has 12 heteroatoms. The molecule has 1 fully saturated rings. The van der Waals surface area contributed by atoms with E-state index >= 15 is 0 Å². The second-order valence-corrected chi connectivity index (χ2v) is 8.42. The van der Waals surface area contributed by atoms with E-state index in [1.54, 1.807) is 17.0 Å². The van der Waals surface area contributed by atoms with Crippen LogP contribution in [0.4, 0.5) is 11.4 Å². The van der Waals surface area contributed by atoms with E-state index in [2.05, 4.69) is 0 Å². The SMILES string of the molecule is COc1ccc(S(=O)(=O)N2CCN(c3ccc([N+](=O)O)cc3C(=O)NO)CC2)cc1. The molecule has 1 amide bonds. The van der Waals surface area contributed by atoms with Crippen LogP contribution in [0.5, 0.6) is 5.75 Å². The van der Waals surface area contributed by atoms with Crippen LogP contribution in [-0.4, -0.2) is 67.3 Å². The lowest BCUT2D eigenvalue weighted by molar-refractivity contribution is -0.729. The smallest absolute Gasteiger partial charge is 0.317 e. The zero-order chi connectivity index (χ0) is 21.9. The number of benzene rings is 2. The van der Waals surface area contributed by atoms with Gasteiger partial charge >= 0.3 is 5.69 Å². The minimum Gasteiger partial charge on any atom is -0.497 e. The molecule has 1 saturated heterocycles. The monoisotopic (exact) mass is 437 g/mol. The molecule has 0 spiro atoms. The quantitative estimate of drug-likeness (QED) is 0.451. The van der Waals surface area contributed by atoms with Crippen molar-refractivity contribution in [3.8, 4) is 5.75 Å². The zero-order valence-corrected chi connectivity index (χ0v) is 16.9. The Hall–Kier alpha value is -3.22. The number of nitrogens with zero attached hydrogens (tertiary/aromatic N) is 3. The van der Waals surface area contributed by atoms with Crippen molar-refractivity contribution in [2.45, 2.75) is 4.90 Å². The molecule has 0 atom stereocenters. The minimum absolute atomic E-state index is 0.0311. The first-order valence-electron chi connectivity index (χ1n) is 8.91. The Morgan fingerprint density at radius 3 is 2.27 bits per heavy atom. The van der Waals surface area contributed by atoms with E-state index in [0.29, 0.717) is 11.4 Å². The van der Waals surface area contributed by atoms with E-state index in [4.69, 9.17) is 15.2 Å². The van der Waals surface area contributed by atoms with E-state index < -0.39 is 20.9 Å². The van der Waals surface area contributed by atoms with Crippen molar-refractivity contribution in [1.29, 1.82) is 0 Å². The van der Waals surface area contributed by atoms with Gasteiger partial charge in [0.1, 0.15) is 5.75 Å². The lowest BCUT2D eigenvalue weighted by atomic mass is 10.1. The Bertz CT molecular complexity index is 1050. The number of methoxy groups -OCH3 is 1. The number of hydrogen-bond donors (Lipinski definition) is 3. The van der Waals surface area contributed by atoms with Crippen molar-refractivity contribution in [1.82, 2.24) is 9.79 Å². The van der Waals surface area contributed by atoms with E-state index in [1.807, 2.05) is 0 Å². The number of amides is 1. The van der Waals surface area contributed by atoms with Gasteiger partial charge in [-0.2, -0.15) is 4.31 Å². The molecule has 30 heavy (non-hydrogen) atoms. The summed E-state index contributed by atoms with van der Waals surface area (Å²) in [4.78, 5) is 24.6. The Kier molecular flexibility index (Phi) is 6.20. The van der Waals surface area contributed by atoms with Gasteiger partial charge in [-0.05, 0) is 30.3 Å². The largest absolute Gasteiger partial charge is 0.497 e. The van der Waals surface area contributed by atoms with Crippen LogP contribution < -0.4 is 15.1 Å². The topological polar surface area (TPSA) is 139 Å². The summed E-state index contributed by atoms with van der Waals surface area (Å²) in [6.07, 6.45) is 0. The van der Waals surface area contributed by atoms with Crippen LogP contribution in [0.15, 0.2) is 47.4 Å². The summed E-state index contributed by atoms with van der Waals surface area (Å²) in [5.41, 5.74) is 1.69. The van der Waals surface area contributed by atoms with Crippen LogP contribution in [0.3, 0.4) is 0 Å². The molecule has 160 valence electrons. The van der Waals surface area contributed by atoms with Gasteiger partial charge in [0.05, 0.1) is 28.2 Å². The third-order valence-electron chi connectivity index (χ3n) is 4.82. The number of sulfonamides is 1. The number of nitrogens with one attached hydrogen (secondary N) is 1. The fourth-order valence-corrected chi connectivity index (χ4v) is 4.65. The summed E-state index contributed by atoms with van der Waals surface area (Å²) in [5.74, 6) is -0.307. The van der Waals surface area contributed by atoms with E-state index in [1.165, 1.54) is 41.2 Å². The normalized spacial score (nSPS) is 14.9. The third-order valence-corrected chi connectivity index (χ3v) is 6.74. The van der Waals surface area contributed by atoms with Crippen LogP contribution >= 0.6 is 0 Å². The van der Waals surface area contributed by atoms with Crippen molar-refractivity contribution in [3.63, 3.8) is 0 Å². The van der Waals surface area contributed by atoms with Crippen LogP contribution in [0.25, 0.3) is 0 Å². The number of piperazine rings is 1. The summed E-state index contributed by atoms with van der Waals surface area (Å²) >= 11 is 0. The average Bonchev–Trinajstić information content (AvgIpc) is 2.78. The first kappa shape index (κ1) is 21.5. The van der Waals surface area contributed by atoms with Crippen molar-refractivity contribution in [2.75, 3.05) is 38.2 Å². The van der Waals surface area contributed by atoms with E-state index in [-0.39, 0.29) is 42.3 Å². The second-order valence-electron chi connectivity index (χ2n) is 6.48. The molecule has 2 aromatic rings. The highest BCUT2D eigenvalue weighted by Crippen LogP contribution is 2.28. The molecule has 0 bridgehead atoms. The first-order chi connectivity index (χ1) is 14.3. The summed E-state index contributed by atoms with van der Waals surface area (Å²) in [5, 5.41) is 18.0. The highest BCUT2D eigenvalue weighted by atomic mass is 32.2. The van der Waals surface area contributed by atoms with Crippen LogP contribution in [0.1, 0.15) is 10.4 Å².